The third-order valence-corrected chi connectivity index (χ3v) is 4.58. The Balaban J connectivity index is 2.10. The van der Waals surface area contributed by atoms with Crippen LogP contribution in [-0.4, -0.2) is 17.3 Å². The summed E-state index contributed by atoms with van der Waals surface area (Å²) >= 11 is 3.43. The quantitative estimate of drug-likeness (QED) is 0.871. The topological polar surface area (TPSA) is 38.3 Å². The molecule has 2 atom stereocenters. The number of nitrogens with one attached hydrogen (secondary N) is 1. The van der Waals surface area contributed by atoms with Gasteiger partial charge < -0.3 is 10.1 Å². The van der Waals surface area contributed by atoms with E-state index in [4.69, 9.17) is 4.74 Å². The van der Waals surface area contributed by atoms with Gasteiger partial charge in [-0.25, -0.2) is 0 Å². The molecule has 1 N–H and O–H groups in total. The summed E-state index contributed by atoms with van der Waals surface area (Å²) in [5.41, 5.74) is 1.07. The fourth-order valence-electron chi connectivity index (χ4n) is 2.05. The number of carbonyl (C=O) groups excluding carboxylic acids is 1. The van der Waals surface area contributed by atoms with Crippen molar-refractivity contribution in [1.82, 2.24) is 5.32 Å². The van der Waals surface area contributed by atoms with Crippen LogP contribution in [0.2, 0.25) is 0 Å². The van der Waals surface area contributed by atoms with Crippen molar-refractivity contribution < 1.29 is 9.53 Å². The molecule has 1 aliphatic heterocycles. The van der Waals surface area contributed by atoms with Gasteiger partial charge in [-0.2, -0.15) is 0 Å². The molecule has 18 heavy (non-hydrogen) atoms. The summed E-state index contributed by atoms with van der Waals surface area (Å²) in [6.07, 6.45) is 0.820. The third-order valence-electron chi connectivity index (χ3n) is 3.11. The predicted molar refractivity (Wildman–Crippen MR) is 75.0 cm³/mol. The zero-order valence-electron chi connectivity index (χ0n) is 10.7. The predicted octanol–water partition coefficient (Wildman–Crippen LogP) is 3.05. The first-order valence-corrected chi connectivity index (χ1v) is 7.17. The van der Waals surface area contributed by atoms with E-state index in [1.54, 1.807) is 0 Å². The van der Waals surface area contributed by atoms with E-state index in [1.165, 1.54) is 0 Å². The number of hydrogen-bond donors (Lipinski definition) is 1. The summed E-state index contributed by atoms with van der Waals surface area (Å²) < 4.78 is 5.58. The first kappa shape index (κ1) is 13.4. The summed E-state index contributed by atoms with van der Waals surface area (Å²) in [6, 6.07) is 7.94. The second-order valence-corrected chi connectivity index (χ2v) is 5.87. The van der Waals surface area contributed by atoms with Gasteiger partial charge in [0.15, 0.2) is 0 Å². The number of para-hydroxylation sites is 1. The van der Waals surface area contributed by atoms with E-state index in [1.807, 2.05) is 38.1 Å². The monoisotopic (exact) mass is 311 g/mol. The molecular formula is C14H18BrNO2. The van der Waals surface area contributed by atoms with Gasteiger partial charge >= 0.3 is 0 Å². The maximum atomic E-state index is 12.1. The minimum atomic E-state index is -0.146. The Morgan fingerprint density at radius 2 is 2.17 bits per heavy atom. The van der Waals surface area contributed by atoms with Crippen molar-refractivity contribution in [3.05, 3.63) is 29.8 Å². The van der Waals surface area contributed by atoms with E-state index in [-0.39, 0.29) is 22.7 Å². The molecule has 0 spiro atoms. The summed E-state index contributed by atoms with van der Waals surface area (Å²) in [7, 11) is 0. The van der Waals surface area contributed by atoms with Crippen LogP contribution in [0.5, 0.6) is 5.75 Å². The van der Waals surface area contributed by atoms with E-state index in [0.29, 0.717) is 6.61 Å². The highest BCUT2D eigenvalue weighted by Crippen LogP contribution is 2.31. The molecule has 1 heterocycles. The minimum absolute atomic E-state index is 0.0479. The normalized spacial score (nSPS) is 19.9. The number of hydrogen-bond acceptors (Lipinski definition) is 2. The average molecular weight is 312 g/mol. The molecule has 1 aromatic carbocycles. The molecule has 1 amide bonds. The summed E-state index contributed by atoms with van der Waals surface area (Å²) in [6.45, 7) is 4.70. The number of amides is 1. The number of ether oxygens (including phenoxy) is 1. The van der Waals surface area contributed by atoms with Crippen molar-refractivity contribution >= 4 is 21.8 Å². The fraction of sp³-hybridized carbons (Fsp3) is 0.500. The van der Waals surface area contributed by atoms with Gasteiger partial charge in [0.05, 0.1) is 17.5 Å². The largest absolute Gasteiger partial charge is 0.493 e. The third kappa shape index (κ3) is 2.86. The van der Waals surface area contributed by atoms with Gasteiger partial charge in [0.1, 0.15) is 5.75 Å². The Morgan fingerprint density at radius 1 is 1.44 bits per heavy atom. The second-order valence-electron chi connectivity index (χ2n) is 4.88. The summed E-state index contributed by atoms with van der Waals surface area (Å²) in [5.74, 6) is 1.21. The lowest BCUT2D eigenvalue weighted by atomic mass is 10.00. The molecule has 0 aromatic heterocycles. The fourth-order valence-corrected chi connectivity index (χ4v) is 2.18. The van der Waals surface area contributed by atoms with Gasteiger partial charge in [-0.05, 0) is 12.0 Å². The standard InChI is InChI=1S/C14H18BrNO2/c1-9(2)13(15)14(17)16-11-7-8-18-12-6-4-3-5-10(11)12/h3-6,9,11,13H,7-8H2,1-2H3,(H,16,17)/t11-,13+/m0/s1. The highest BCUT2D eigenvalue weighted by Gasteiger charge is 2.26. The molecule has 0 fully saturated rings. The molecule has 0 radical (unpaired) electrons. The summed E-state index contributed by atoms with van der Waals surface area (Å²) in [4.78, 5) is 11.9. The van der Waals surface area contributed by atoms with E-state index < -0.39 is 0 Å². The Bertz CT molecular complexity index is 434. The lowest BCUT2D eigenvalue weighted by molar-refractivity contribution is -0.122. The van der Waals surface area contributed by atoms with Crippen molar-refractivity contribution in [3.63, 3.8) is 0 Å². The Hall–Kier alpha value is -1.03. The van der Waals surface area contributed by atoms with Crippen LogP contribution < -0.4 is 10.1 Å². The van der Waals surface area contributed by atoms with Crippen LogP contribution in [0.15, 0.2) is 24.3 Å². The zero-order chi connectivity index (χ0) is 13.1. The molecule has 0 saturated carbocycles. The van der Waals surface area contributed by atoms with Crippen LogP contribution in [0, 0.1) is 5.92 Å². The Kier molecular flexibility index (Phi) is 4.27. The number of fused-ring (bicyclic) bond motifs is 1. The van der Waals surface area contributed by atoms with Gasteiger partial charge in [0.25, 0.3) is 0 Å². The van der Waals surface area contributed by atoms with Crippen LogP contribution in [0.3, 0.4) is 0 Å². The lowest BCUT2D eigenvalue weighted by Gasteiger charge is -2.27. The smallest absolute Gasteiger partial charge is 0.234 e. The molecule has 0 bridgehead atoms. The molecule has 2 rings (SSSR count). The number of rotatable bonds is 3. The van der Waals surface area contributed by atoms with Crippen LogP contribution >= 0.6 is 15.9 Å². The van der Waals surface area contributed by atoms with Crippen molar-refractivity contribution in [3.8, 4) is 5.75 Å². The van der Waals surface area contributed by atoms with Gasteiger partial charge in [0.2, 0.25) is 5.91 Å². The number of alkyl halides is 1. The zero-order valence-corrected chi connectivity index (χ0v) is 12.2. The van der Waals surface area contributed by atoms with Crippen LogP contribution in [-0.2, 0) is 4.79 Å². The molecule has 4 heteroatoms. The van der Waals surface area contributed by atoms with E-state index >= 15 is 0 Å². The van der Waals surface area contributed by atoms with E-state index in [9.17, 15) is 4.79 Å². The SMILES string of the molecule is CC(C)[C@@H](Br)C(=O)N[C@H]1CCOc2ccccc21. The average Bonchev–Trinajstić information content (AvgIpc) is 2.38. The summed E-state index contributed by atoms with van der Waals surface area (Å²) in [5, 5.41) is 3.09. The molecule has 1 aliphatic rings. The molecule has 0 aliphatic carbocycles. The highest BCUT2D eigenvalue weighted by atomic mass is 79.9. The van der Waals surface area contributed by atoms with Crippen LogP contribution in [0.4, 0.5) is 0 Å². The molecular weight excluding hydrogens is 294 g/mol. The van der Waals surface area contributed by atoms with Crippen molar-refractivity contribution in [2.75, 3.05) is 6.61 Å². The first-order valence-electron chi connectivity index (χ1n) is 6.25. The maximum Gasteiger partial charge on any atom is 0.234 e. The molecule has 3 nitrogen and oxygen atoms in total. The van der Waals surface area contributed by atoms with Crippen molar-refractivity contribution in [1.29, 1.82) is 0 Å². The lowest BCUT2D eigenvalue weighted by Crippen LogP contribution is -2.38. The maximum absolute atomic E-state index is 12.1. The van der Waals surface area contributed by atoms with Crippen molar-refractivity contribution in [2.45, 2.75) is 31.1 Å². The number of halogens is 1. The number of carbonyl (C=O) groups is 1. The minimum Gasteiger partial charge on any atom is -0.493 e. The molecule has 0 unspecified atom stereocenters. The molecule has 98 valence electrons. The van der Waals surface area contributed by atoms with Crippen LogP contribution in [0.1, 0.15) is 31.9 Å². The van der Waals surface area contributed by atoms with Crippen LogP contribution in [0.25, 0.3) is 0 Å². The highest BCUT2D eigenvalue weighted by molar-refractivity contribution is 9.10. The van der Waals surface area contributed by atoms with E-state index in [0.717, 1.165) is 17.7 Å². The van der Waals surface area contributed by atoms with E-state index in [2.05, 4.69) is 21.2 Å². The van der Waals surface area contributed by atoms with Gasteiger partial charge in [-0.1, -0.05) is 48.0 Å². The van der Waals surface area contributed by atoms with Crippen molar-refractivity contribution in [2.24, 2.45) is 5.92 Å². The first-order chi connectivity index (χ1) is 8.59. The van der Waals surface area contributed by atoms with Gasteiger partial charge in [0, 0.05) is 12.0 Å². The van der Waals surface area contributed by atoms with Gasteiger partial charge in [-0.15, -0.1) is 0 Å². The number of benzene rings is 1. The molecule has 0 saturated heterocycles. The van der Waals surface area contributed by atoms with Gasteiger partial charge in [-0.3, -0.25) is 4.79 Å². The Morgan fingerprint density at radius 3 is 2.89 bits per heavy atom. The Labute approximate surface area is 116 Å². The second kappa shape index (κ2) is 5.74. The molecule has 1 aromatic rings.